The highest BCUT2D eigenvalue weighted by Gasteiger charge is 2.34. The van der Waals surface area contributed by atoms with Gasteiger partial charge in [-0.05, 0) is 63.3 Å². The number of allylic oxidation sites excluding steroid dienone is 1. The van der Waals surface area contributed by atoms with E-state index in [1.165, 1.54) is 12.0 Å². The Bertz CT molecular complexity index is 1460. The van der Waals surface area contributed by atoms with Crippen LogP contribution < -0.4 is 25.2 Å². The molecular weight excluding hydrogens is 537 g/mol. The van der Waals surface area contributed by atoms with E-state index in [-0.39, 0.29) is 36.8 Å². The van der Waals surface area contributed by atoms with Gasteiger partial charge < -0.3 is 30.1 Å². The lowest BCUT2D eigenvalue weighted by Gasteiger charge is -2.29. The van der Waals surface area contributed by atoms with E-state index >= 15 is 0 Å². The van der Waals surface area contributed by atoms with Gasteiger partial charge in [0, 0.05) is 37.3 Å². The van der Waals surface area contributed by atoms with Crippen molar-refractivity contribution in [3.63, 3.8) is 0 Å². The van der Waals surface area contributed by atoms with Crippen molar-refractivity contribution in [1.82, 2.24) is 20.2 Å². The maximum Gasteiger partial charge on any atom is 0.251 e. The fourth-order valence-corrected chi connectivity index (χ4v) is 5.37. The second-order valence-corrected chi connectivity index (χ2v) is 10.8. The molecule has 42 heavy (non-hydrogen) atoms. The number of fused-ring (bicyclic) bond motifs is 1. The zero-order chi connectivity index (χ0) is 29.8. The Morgan fingerprint density at radius 3 is 2.57 bits per heavy atom. The smallest absolute Gasteiger partial charge is 0.251 e. The molecule has 0 saturated carbocycles. The number of carbonyl (C=O) groups excluding carboxylic acids is 2. The molecule has 5 rings (SSSR count). The summed E-state index contributed by atoms with van der Waals surface area (Å²) in [6, 6.07) is 14.8. The molecule has 0 bridgehead atoms. The molecule has 3 aromatic rings. The first kappa shape index (κ1) is 29.0. The van der Waals surface area contributed by atoms with E-state index < -0.39 is 11.7 Å². The molecule has 1 saturated heterocycles. The monoisotopic (exact) mass is 573 g/mol. The van der Waals surface area contributed by atoms with E-state index in [9.17, 15) is 14.0 Å². The predicted molar refractivity (Wildman–Crippen MR) is 162 cm³/mol. The number of benzene rings is 2. The molecule has 1 aromatic heterocycles. The van der Waals surface area contributed by atoms with Crippen LogP contribution in [0.4, 0.5) is 33.2 Å². The topological polar surface area (TPSA) is 103 Å². The summed E-state index contributed by atoms with van der Waals surface area (Å²) >= 11 is 0. The first-order chi connectivity index (χ1) is 20.2. The van der Waals surface area contributed by atoms with Gasteiger partial charge >= 0.3 is 0 Å². The lowest BCUT2D eigenvalue weighted by atomic mass is 10.0. The minimum absolute atomic E-state index is 0.0893. The van der Waals surface area contributed by atoms with Gasteiger partial charge in [0.15, 0.2) is 5.82 Å². The van der Waals surface area contributed by atoms with Gasteiger partial charge in [0.25, 0.3) is 5.91 Å². The van der Waals surface area contributed by atoms with Gasteiger partial charge in [-0.3, -0.25) is 9.59 Å². The molecule has 3 heterocycles. The molecule has 0 aliphatic carbocycles. The average molecular weight is 574 g/mol. The number of ether oxygens (including phenoxy) is 1. The number of halogens is 1. The fourth-order valence-electron chi connectivity index (χ4n) is 5.37. The Morgan fingerprint density at radius 2 is 1.88 bits per heavy atom. The van der Waals surface area contributed by atoms with Gasteiger partial charge in [0.2, 0.25) is 11.9 Å². The second-order valence-electron chi connectivity index (χ2n) is 10.8. The number of nitrogens with zero attached hydrogens (tertiary/aromatic N) is 5. The van der Waals surface area contributed by atoms with Crippen LogP contribution in [0.1, 0.15) is 29.6 Å². The first-order valence-corrected chi connectivity index (χ1v) is 14.0. The van der Waals surface area contributed by atoms with Crippen molar-refractivity contribution in [2.75, 3.05) is 56.0 Å². The van der Waals surface area contributed by atoms with E-state index in [0.29, 0.717) is 28.5 Å². The van der Waals surface area contributed by atoms with Crippen LogP contribution in [0.2, 0.25) is 0 Å². The van der Waals surface area contributed by atoms with Crippen molar-refractivity contribution in [3.8, 4) is 5.75 Å². The third-order valence-electron chi connectivity index (χ3n) is 7.75. The minimum Gasteiger partial charge on any atom is -0.495 e. The van der Waals surface area contributed by atoms with E-state index in [4.69, 9.17) is 9.72 Å². The largest absolute Gasteiger partial charge is 0.495 e. The Balaban J connectivity index is 1.42. The van der Waals surface area contributed by atoms with Crippen molar-refractivity contribution in [2.45, 2.75) is 25.3 Å². The summed E-state index contributed by atoms with van der Waals surface area (Å²) in [4.78, 5) is 41.1. The Kier molecular flexibility index (Phi) is 8.67. The highest BCUT2D eigenvalue weighted by molar-refractivity contribution is 6.00. The van der Waals surface area contributed by atoms with E-state index in [1.54, 1.807) is 31.4 Å². The predicted octanol–water partition coefficient (Wildman–Crippen LogP) is 4.66. The summed E-state index contributed by atoms with van der Waals surface area (Å²) in [6.07, 6.45) is 3.31. The quantitative estimate of drug-likeness (QED) is 0.401. The molecule has 2 aliphatic heterocycles. The number of aromatic nitrogens is 2. The molecule has 2 aliphatic rings. The Labute approximate surface area is 245 Å². The lowest BCUT2D eigenvalue weighted by molar-refractivity contribution is -0.121. The summed E-state index contributed by atoms with van der Waals surface area (Å²) in [6.45, 7) is 5.50. The standard InChI is InChI=1S/C31H36FN7O3/c1-20(32)16-22-19-39(24-8-6-5-7-9-24)28-26(38(3)30(22)41)18-33-31(36-28)35-25-11-10-21(17-27(25)42-4)29(40)34-23-12-14-37(2)15-13-23/h5-11,17-18,22-23H,1,12-16,19H2,2-4H3,(H,34,40)(H,33,35,36). The molecule has 1 fully saturated rings. The molecule has 11 heteroatoms. The summed E-state index contributed by atoms with van der Waals surface area (Å²) in [5.41, 5.74) is 2.37. The number of nitrogens with one attached hydrogen (secondary N) is 2. The van der Waals surface area contributed by atoms with Gasteiger partial charge in [-0.15, -0.1) is 0 Å². The van der Waals surface area contributed by atoms with Crippen LogP contribution in [0.5, 0.6) is 5.75 Å². The molecule has 2 amide bonds. The van der Waals surface area contributed by atoms with Crippen LogP contribution in [0.15, 0.2) is 67.1 Å². The lowest BCUT2D eigenvalue weighted by Crippen LogP contribution is -2.43. The van der Waals surface area contributed by atoms with Crippen molar-refractivity contribution >= 4 is 40.6 Å². The zero-order valence-corrected chi connectivity index (χ0v) is 24.1. The maximum atomic E-state index is 13.9. The summed E-state index contributed by atoms with van der Waals surface area (Å²) in [7, 11) is 5.26. The number of para-hydroxylation sites is 1. The average Bonchev–Trinajstić information content (AvgIpc) is 3.09. The van der Waals surface area contributed by atoms with E-state index in [0.717, 1.165) is 31.6 Å². The summed E-state index contributed by atoms with van der Waals surface area (Å²) < 4.78 is 19.5. The molecule has 2 aromatic carbocycles. The third kappa shape index (κ3) is 6.36. The number of amides is 2. The number of rotatable bonds is 8. The van der Waals surface area contributed by atoms with Crippen LogP contribution in [0.3, 0.4) is 0 Å². The summed E-state index contributed by atoms with van der Waals surface area (Å²) in [5, 5.41) is 6.33. The van der Waals surface area contributed by atoms with E-state index in [1.807, 2.05) is 35.2 Å². The first-order valence-electron chi connectivity index (χ1n) is 14.0. The molecule has 0 radical (unpaired) electrons. The molecule has 1 unspecified atom stereocenters. The van der Waals surface area contributed by atoms with Crippen LogP contribution in [0.25, 0.3) is 0 Å². The highest BCUT2D eigenvalue weighted by Crippen LogP contribution is 2.38. The van der Waals surface area contributed by atoms with Gasteiger partial charge in [-0.2, -0.15) is 4.98 Å². The van der Waals surface area contributed by atoms with Crippen molar-refractivity contribution in [1.29, 1.82) is 0 Å². The molecule has 2 N–H and O–H groups in total. The number of anilines is 5. The molecule has 10 nitrogen and oxygen atoms in total. The van der Waals surface area contributed by atoms with E-state index in [2.05, 4.69) is 34.1 Å². The SMILES string of the molecule is C=C(F)CC1CN(c2ccccc2)c2nc(Nc3ccc(C(=O)NC4CCN(C)CC4)cc3OC)ncc2N(C)C1=O. The number of methoxy groups -OCH3 is 1. The normalized spacial score (nSPS) is 17.8. The molecule has 0 spiro atoms. The van der Waals surface area contributed by atoms with Gasteiger partial charge in [-0.1, -0.05) is 24.8 Å². The Morgan fingerprint density at radius 1 is 1.14 bits per heavy atom. The van der Waals surface area contributed by atoms with Crippen LogP contribution >= 0.6 is 0 Å². The van der Waals surface area contributed by atoms with Gasteiger partial charge in [0.1, 0.15) is 11.4 Å². The van der Waals surface area contributed by atoms with Crippen LogP contribution in [0, 0.1) is 5.92 Å². The van der Waals surface area contributed by atoms with Crippen molar-refractivity contribution < 1.29 is 18.7 Å². The molecule has 220 valence electrons. The van der Waals surface area contributed by atoms with Crippen LogP contribution in [-0.4, -0.2) is 73.6 Å². The molecular formula is C31H36FN7O3. The van der Waals surface area contributed by atoms with Crippen molar-refractivity contribution in [3.05, 3.63) is 72.7 Å². The zero-order valence-electron chi connectivity index (χ0n) is 24.1. The Hall–Kier alpha value is -4.51. The number of hydrogen-bond donors (Lipinski definition) is 2. The van der Waals surface area contributed by atoms with Crippen molar-refractivity contribution in [2.24, 2.45) is 5.92 Å². The van der Waals surface area contributed by atoms with Gasteiger partial charge in [0.05, 0.1) is 30.7 Å². The maximum absolute atomic E-state index is 13.9. The third-order valence-corrected chi connectivity index (χ3v) is 7.75. The number of piperidine rings is 1. The highest BCUT2D eigenvalue weighted by atomic mass is 19.1. The van der Waals surface area contributed by atoms with Gasteiger partial charge in [-0.25, -0.2) is 9.37 Å². The second kappa shape index (κ2) is 12.6. The minimum atomic E-state index is -0.661. The number of likely N-dealkylation sites (tertiary alicyclic amines) is 1. The fraction of sp³-hybridized carbons (Fsp3) is 0.355. The summed E-state index contributed by atoms with van der Waals surface area (Å²) in [5.74, 6) is -0.379. The number of carbonyl (C=O) groups is 2. The molecule has 1 atom stereocenters. The number of hydrogen-bond acceptors (Lipinski definition) is 8. The van der Waals surface area contributed by atoms with Crippen LogP contribution in [-0.2, 0) is 4.79 Å².